The Labute approximate surface area is 202 Å². The molecule has 1 N–H and O–H groups in total. The molecule has 0 radical (unpaired) electrons. The zero-order valence-corrected chi connectivity index (χ0v) is 19.5. The minimum atomic E-state index is -0.337. The molecule has 8 nitrogen and oxygen atoms in total. The van der Waals surface area contributed by atoms with Gasteiger partial charge >= 0.3 is 0 Å². The van der Waals surface area contributed by atoms with Gasteiger partial charge in [-0.05, 0) is 30.7 Å². The fourth-order valence-electron chi connectivity index (χ4n) is 3.33. The first-order valence-electron chi connectivity index (χ1n) is 10.2. The van der Waals surface area contributed by atoms with E-state index in [9.17, 15) is 4.79 Å². The van der Waals surface area contributed by atoms with Crippen molar-refractivity contribution in [3.8, 4) is 17.3 Å². The Morgan fingerprint density at radius 3 is 2.71 bits per heavy atom. The lowest BCUT2D eigenvalue weighted by molar-refractivity contribution is 0.102. The second kappa shape index (κ2) is 9.43. The molecule has 34 heavy (non-hydrogen) atoms. The first kappa shape index (κ1) is 21.8. The molecule has 5 rings (SSSR count). The van der Waals surface area contributed by atoms with Crippen LogP contribution in [0.15, 0.2) is 69.5 Å². The van der Waals surface area contributed by atoms with Crippen molar-refractivity contribution in [2.75, 3.05) is 5.32 Å². The summed E-state index contributed by atoms with van der Waals surface area (Å²) < 4.78 is 6.08. The average molecular weight is 485 g/mol. The number of pyridine rings is 1. The van der Waals surface area contributed by atoms with Crippen molar-refractivity contribution in [2.24, 2.45) is 0 Å². The lowest BCUT2D eigenvalue weighted by atomic mass is 10.1. The van der Waals surface area contributed by atoms with Crippen LogP contribution in [-0.4, -0.2) is 26.2 Å². The monoisotopic (exact) mass is 484 g/mol. The number of thioether (sulfide) groups is 1. The van der Waals surface area contributed by atoms with Crippen molar-refractivity contribution >= 4 is 45.2 Å². The van der Waals surface area contributed by atoms with Gasteiger partial charge in [0.1, 0.15) is 0 Å². The summed E-state index contributed by atoms with van der Waals surface area (Å²) in [6.45, 7) is 1.77. The molecule has 0 saturated heterocycles. The standard InChI is InChI=1S/C24H16N6O2S2/c1-14-20-18(11-19(26-22(20)32-30-14)17-5-3-2-4-6-17)21(31)27-23-28-29-24(34-23)33-13-16-9-7-15(12-25)8-10-16/h2-11H,13H2,1H3,(H,27,28,31). The number of hydrogen-bond acceptors (Lipinski definition) is 9. The molecule has 0 bridgehead atoms. The molecule has 0 fully saturated rings. The molecule has 166 valence electrons. The number of nitrogens with zero attached hydrogens (tertiary/aromatic N) is 5. The number of amides is 1. The highest BCUT2D eigenvalue weighted by molar-refractivity contribution is 8.00. The second-order valence-electron chi connectivity index (χ2n) is 7.29. The zero-order chi connectivity index (χ0) is 23.5. The molecular formula is C24H16N6O2S2. The number of aryl methyl sites for hydroxylation is 1. The van der Waals surface area contributed by atoms with Crippen LogP contribution in [0.4, 0.5) is 5.13 Å². The molecule has 0 aliphatic carbocycles. The number of carbonyl (C=O) groups excluding carboxylic acids is 1. The summed E-state index contributed by atoms with van der Waals surface area (Å²) in [5.74, 6) is 0.343. The van der Waals surface area contributed by atoms with Crippen molar-refractivity contribution in [2.45, 2.75) is 17.0 Å². The number of aromatic nitrogens is 4. The van der Waals surface area contributed by atoms with Gasteiger partial charge in [0, 0.05) is 11.3 Å². The van der Waals surface area contributed by atoms with Gasteiger partial charge in [-0.1, -0.05) is 70.7 Å². The minimum absolute atomic E-state index is 0.305. The van der Waals surface area contributed by atoms with Crippen LogP contribution in [0.25, 0.3) is 22.4 Å². The summed E-state index contributed by atoms with van der Waals surface area (Å²) in [7, 11) is 0. The number of fused-ring (bicyclic) bond motifs is 1. The Balaban J connectivity index is 1.35. The predicted molar refractivity (Wildman–Crippen MR) is 131 cm³/mol. The first-order valence-corrected chi connectivity index (χ1v) is 12.0. The van der Waals surface area contributed by atoms with Gasteiger partial charge < -0.3 is 4.52 Å². The Morgan fingerprint density at radius 1 is 1.15 bits per heavy atom. The van der Waals surface area contributed by atoms with Crippen molar-refractivity contribution < 1.29 is 9.32 Å². The van der Waals surface area contributed by atoms with Gasteiger partial charge in [-0.2, -0.15) is 5.26 Å². The number of anilines is 1. The summed E-state index contributed by atoms with van der Waals surface area (Å²) in [6, 6.07) is 20.8. The Bertz CT molecular complexity index is 1520. The normalized spacial score (nSPS) is 10.8. The molecule has 0 aliphatic heterocycles. The van der Waals surface area contributed by atoms with Crippen molar-refractivity contribution in [1.29, 1.82) is 5.26 Å². The van der Waals surface area contributed by atoms with Crippen LogP contribution in [0, 0.1) is 18.3 Å². The van der Waals surface area contributed by atoms with E-state index in [0.29, 0.717) is 44.5 Å². The lowest BCUT2D eigenvalue weighted by Gasteiger charge is -2.06. The Kier molecular flexibility index (Phi) is 6.03. The largest absolute Gasteiger partial charge is 0.335 e. The van der Waals surface area contributed by atoms with E-state index in [1.54, 1.807) is 25.1 Å². The van der Waals surface area contributed by atoms with Gasteiger partial charge in [-0.25, -0.2) is 4.98 Å². The van der Waals surface area contributed by atoms with Gasteiger partial charge in [0.25, 0.3) is 11.6 Å². The minimum Gasteiger partial charge on any atom is -0.335 e. The molecular weight excluding hydrogens is 468 g/mol. The summed E-state index contributed by atoms with van der Waals surface area (Å²) >= 11 is 2.81. The maximum absolute atomic E-state index is 13.2. The van der Waals surface area contributed by atoms with Gasteiger partial charge in [-0.3, -0.25) is 10.1 Å². The summed E-state index contributed by atoms with van der Waals surface area (Å²) in [5, 5.41) is 25.0. The van der Waals surface area contributed by atoms with Crippen LogP contribution < -0.4 is 5.32 Å². The molecule has 3 aromatic heterocycles. The smallest absolute Gasteiger partial charge is 0.259 e. The highest BCUT2D eigenvalue weighted by Gasteiger charge is 2.20. The first-order chi connectivity index (χ1) is 16.6. The Hall–Kier alpha value is -4.07. The van der Waals surface area contributed by atoms with Crippen molar-refractivity contribution in [3.05, 3.63) is 83.0 Å². The van der Waals surface area contributed by atoms with Gasteiger partial charge in [0.05, 0.1) is 34.0 Å². The fourth-order valence-corrected chi connectivity index (χ4v) is 5.04. The van der Waals surface area contributed by atoms with Crippen LogP contribution >= 0.6 is 23.1 Å². The third kappa shape index (κ3) is 4.52. The average Bonchev–Trinajstić information content (AvgIpc) is 3.49. The predicted octanol–water partition coefficient (Wildman–Crippen LogP) is 5.47. The van der Waals surface area contributed by atoms with E-state index >= 15 is 0 Å². The summed E-state index contributed by atoms with van der Waals surface area (Å²) in [5.41, 5.74) is 4.47. The number of rotatable bonds is 6. The highest BCUT2D eigenvalue weighted by atomic mass is 32.2. The lowest BCUT2D eigenvalue weighted by Crippen LogP contribution is -2.13. The number of hydrogen-bond donors (Lipinski definition) is 1. The maximum atomic E-state index is 13.2. The second-order valence-corrected chi connectivity index (χ2v) is 9.49. The third-order valence-electron chi connectivity index (χ3n) is 5.00. The van der Waals surface area contributed by atoms with Crippen molar-refractivity contribution in [3.63, 3.8) is 0 Å². The molecule has 0 spiro atoms. The van der Waals surface area contributed by atoms with E-state index < -0.39 is 0 Å². The number of carbonyl (C=O) groups is 1. The maximum Gasteiger partial charge on any atom is 0.259 e. The van der Waals surface area contributed by atoms with Crippen molar-refractivity contribution in [1.82, 2.24) is 20.3 Å². The van der Waals surface area contributed by atoms with Crippen LogP contribution in [0.2, 0.25) is 0 Å². The molecule has 2 aromatic carbocycles. The van der Waals surface area contributed by atoms with E-state index in [0.717, 1.165) is 15.5 Å². The van der Waals surface area contributed by atoms with E-state index in [4.69, 9.17) is 9.78 Å². The van der Waals surface area contributed by atoms with E-state index in [1.165, 1.54) is 23.1 Å². The SMILES string of the molecule is Cc1noc2nc(-c3ccccc3)cc(C(=O)Nc3nnc(SCc4ccc(C#N)cc4)s3)c12. The molecule has 10 heteroatoms. The molecule has 0 unspecified atom stereocenters. The van der Waals surface area contributed by atoms with Crippen LogP contribution in [-0.2, 0) is 5.75 Å². The Morgan fingerprint density at radius 2 is 1.94 bits per heavy atom. The van der Waals surface area contributed by atoms with E-state index in [1.807, 2.05) is 42.5 Å². The number of benzene rings is 2. The van der Waals surface area contributed by atoms with Crippen LogP contribution in [0.1, 0.15) is 27.2 Å². The van der Waals surface area contributed by atoms with Gasteiger partial charge in [-0.15, -0.1) is 10.2 Å². The summed E-state index contributed by atoms with van der Waals surface area (Å²) in [4.78, 5) is 17.7. The topological polar surface area (TPSA) is 118 Å². The molecule has 0 aliphatic rings. The molecule has 5 aromatic rings. The zero-order valence-electron chi connectivity index (χ0n) is 17.8. The van der Waals surface area contributed by atoms with Gasteiger partial charge in [0.15, 0.2) is 4.34 Å². The fraction of sp³-hybridized carbons (Fsp3) is 0.0833. The van der Waals surface area contributed by atoms with E-state index in [-0.39, 0.29) is 5.91 Å². The number of nitriles is 1. The molecule has 1 amide bonds. The molecule has 0 atom stereocenters. The van der Waals surface area contributed by atoms with Gasteiger partial charge in [0.2, 0.25) is 5.13 Å². The highest BCUT2D eigenvalue weighted by Crippen LogP contribution is 2.30. The molecule has 3 heterocycles. The quantitative estimate of drug-likeness (QED) is 0.249. The summed E-state index contributed by atoms with van der Waals surface area (Å²) in [6.07, 6.45) is 0. The van der Waals surface area contributed by atoms with E-state index in [2.05, 4.69) is 31.7 Å². The number of nitrogens with one attached hydrogen (secondary N) is 1. The van der Waals surface area contributed by atoms with Crippen LogP contribution in [0.5, 0.6) is 0 Å². The molecule has 0 saturated carbocycles. The van der Waals surface area contributed by atoms with Crippen LogP contribution in [0.3, 0.4) is 0 Å². The third-order valence-corrected chi connectivity index (χ3v) is 7.05.